The summed E-state index contributed by atoms with van der Waals surface area (Å²) in [7, 11) is 0. The number of ether oxygens (including phenoxy) is 2. The molecular formula is C19H25F2N11O9P2S2. The van der Waals surface area contributed by atoms with Gasteiger partial charge in [0.05, 0.1) is 19.6 Å². The average molecular weight is 716 g/mol. The van der Waals surface area contributed by atoms with Gasteiger partial charge in [0.15, 0.2) is 47.8 Å². The molecule has 5 unspecified atom stereocenters. The maximum Gasteiger partial charge on any atom is 0.325 e. The Bertz CT molecular complexity index is 1630. The van der Waals surface area contributed by atoms with Crippen molar-refractivity contribution in [2.24, 2.45) is 10.7 Å². The molecule has 246 valence electrons. The number of carbonyl (C=O) groups is 1. The second kappa shape index (κ2) is 11.6. The van der Waals surface area contributed by atoms with Crippen LogP contribution in [0.5, 0.6) is 0 Å². The summed E-state index contributed by atoms with van der Waals surface area (Å²) >= 11 is 10.3. The second-order valence-corrected chi connectivity index (χ2v) is 16.0. The van der Waals surface area contributed by atoms with E-state index in [-0.39, 0.29) is 17.0 Å². The molecule has 2 aromatic heterocycles. The third-order valence-corrected chi connectivity index (χ3v) is 10.7. The lowest BCUT2D eigenvalue weighted by Gasteiger charge is -2.39. The highest BCUT2D eigenvalue weighted by atomic mass is 32.5. The van der Waals surface area contributed by atoms with E-state index < -0.39 is 100 Å². The molecule has 0 aromatic carbocycles. The van der Waals surface area contributed by atoms with E-state index in [4.69, 9.17) is 62.6 Å². The van der Waals surface area contributed by atoms with Gasteiger partial charge in [0.25, 0.3) is 5.91 Å². The van der Waals surface area contributed by atoms with Gasteiger partial charge < -0.3 is 44.3 Å². The Morgan fingerprint density at radius 1 is 1.02 bits per heavy atom. The van der Waals surface area contributed by atoms with Crippen molar-refractivity contribution in [2.45, 2.75) is 67.7 Å². The molecule has 45 heavy (non-hydrogen) atoms. The van der Waals surface area contributed by atoms with E-state index in [0.29, 0.717) is 0 Å². The van der Waals surface area contributed by atoms with Gasteiger partial charge in [0.2, 0.25) is 0 Å². The summed E-state index contributed by atoms with van der Waals surface area (Å²) in [6, 6.07) is -0.957. The fourth-order valence-corrected chi connectivity index (χ4v) is 8.37. The van der Waals surface area contributed by atoms with Gasteiger partial charge in [0.1, 0.15) is 43.2 Å². The maximum atomic E-state index is 16.0. The SMILES string of the molecule is Nc1ncnc2c1nnn2[C@@H]1O[C@@H]2COP(O)(=S)O[C@@H]3[C@H](F)[C@@H](COP(O)(=S)O[C@H]2[C@@H]1F)O[C@H]3N1C=NC2C(=O)NC(N)NC21. The summed E-state index contributed by atoms with van der Waals surface area (Å²) in [5.41, 5.74) is 11.8. The molecule has 13 atom stereocenters. The van der Waals surface area contributed by atoms with E-state index in [1.165, 1.54) is 11.2 Å². The molecule has 0 radical (unpaired) electrons. The maximum absolute atomic E-state index is 16.0. The molecule has 0 aliphatic carbocycles. The zero-order chi connectivity index (χ0) is 31.8. The highest BCUT2D eigenvalue weighted by Crippen LogP contribution is 2.54. The molecule has 4 saturated heterocycles. The molecule has 0 spiro atoms. The van der Waals surface area contributed by atoms with Crippen LogP contribution >= 0.6 is 13.4 Å². The largest absolute Gasteiger partial charge is 0.382 e. The first-order valence-electron chi connectivity index (χ1n) is 13.2. The Morgan fingerprint density at radius 3 is 2.47 bits per heavy atom. The molecule has 2 bridgehead atoms. The fourth-order valence-electron chi connectivity index (χ4n) is 5.53. The monoisotopic (exact) mass is 715 g/mol. The van der Waals surface area contributed by atoms with Crippen LogP contribution in [0.1, 0.15) is 6.23 Å². The molecule has 7 heterocycles. The van der Waals surface area contributed by atoms with Crippen molar-refractivity contribution in [1.29, 1.82) is 0 Å². The zero-order valence-electron chi connectivity index (χ0n) is 22.4. The number of rotatable bonds is 2. The van der Waals surface area contributed by atoms with Gasteiger partial charge in [-0.3, -0.25) is 29.9 Å². The van der Waals surface area contributed by atoms with Crippen LogP contribution in [0.25, 0.3) is 11.2 Å². The van der Waals surface area contributed by atoms with Crippen molar-refractivity contribution in [3.63, 3.8) is 0 Å². The number of amides is 1. The number of fused-ring (bicyclic) bond motifs is 5. The number of carbonyl (C=O) groups excluding carboxylic acids is 1. The highest BCUT2D eigenvalue weighted by molar-refractivity contribution is 8.07. The van der Waals surface area contributed by atoms with E-state index in [1.54, 1.807) is 0 Å². The van der Waals surface area contributed by atoms with Crippen molar-refractivity contribution in [2.75, 3.05) is 18.9 Å². The van der Waals surface area contributed by atoms with Crippen LogP contribution in [-0.2, 0) is 56.0 Å². The Labute approximate surface area is 261 Å². The minimum Gasteiger partial charge on any atom is -0.382 e. The molecule has 5 aliphatic heterocycles. The summed E-state index contributed by atoms with van der Waals surface area (Å²) in [6.07, 6.45) is -12.6. The smallest absolute Gasteiger partial charge is 0.325 e. The average Bonchev–Trinajstić information content (AvgIpc) is 3.72. The van der Waals surface area contributed by atoms with Gasteiger partial charge in [0, 0.05) is 0 Å². The van der Waals surface area contributed by atoms with E-state index >= 15 is 8.78 Å². The van der Waals surface area contributed by atoms with E-state index in [9.17, 15) is 14.6 Å². The van der Waals surface area contributed by atoms with Crippen LogP contribution < -0.4 is 22.1 Å². The predicted octanol–water partition coefficient (Wildman–Crippen LogP) is -2.65. The number of nitrogen functional groups attached to an aromatic ring is 1. The Hall–Kier alpha value is -2.02. The number of halogens is 2. The number of nitrogens with two attached hydrogens (primary N) is 2. The van der Waals surface area contributed by atoms with Gasteiger partial charge in [-0.25, -0.2) is 18.7 Å². The number of hydrogen-bond donors (Lipinski definition) is 6. The van der Waals surface area contributed by atoms with Gasteiger partial charge in [-0.1, -0.05) is 5.21 Å². The molecule has 5 aliphatic rings. The third kappa shape index (κ3) is 5.75. The normalized spacial score (nSPS) is 45.4. The number of alkyl halides is 2. The molecule has 1 amide bonds. The summed E-state index contributed by atoms with van der Waals surface area (Å²) in [5, 5.41) is 13.1. The number of aliphatic imine (C=N–C) groups is 1. The van der Waals surface area contributed by atoms with Gasteiger partial charge >= 0.3 is 13.4 Å². The van der Waals surface area contributed by atoms with Crippen LogP contribution in [0, 0.1) is 0 Å². The first kappa shape index (κ1) is 31.6. The van der Waals surface area contributed by atoms with E-state index in [0.717, 1.165) is 11.0 Å². The van der Waals surface area contributed by atoms with Crippen LogP contribution in [0.3, 0.4) is 0 Å². The van der Waals surface area contributed by atoms with Crippen molar-refractivity contribution < 1.29 is 50.9 Å². The minimum absolute atomic E-state index is 0.0124. The number of aromatic nitrogens is 5. The number of nitrogens with zero attached hydrogens (tertiary/aromatic N) is 7. The lowest BCUT2D eigenvalue weighted by molar-refractivity contribution is -0.130. The van der Waals surface area contributed by atoms with Gasteiger partial charge in [-0.2, -0.15) is 4.68 Å². The van der Waals surface area contributed by atoms with Crippen molar-refractivity contribution in [3.05, 3.63) is 6.33 Å². The molecular weight excluding hydrogens is 690 g/mol. The lowest BCUT2D eigenvalue weighted by Crippen LogP contribution is -2.70. The number of hydrogen-bond acceptors (Lipinski definition) is 18. The standard InChI is InChI=1S/C19H25F2N11O9P2S2/c20-7-5-1-36-42(34,44)40-11-6(39-17(8(11)21)32-14-9(29-30-32)13(22)24-3-25-14)2-37-43(35,45)41-12(7)18(38-5)31-4-26-10-15(31)27-19(23)28-16(10)33/h3-8,10-12,15,17-19,27H,1-2,23H2,(H,28,33)(H,34,44)(H,35,45)(H2,22,24,25)/t5-,6-,7-,8+,10?,11-,12-,15?,17-,18-,19?,42?,43?/m1/s1. The summed E-state index contributed by atoms with van der Waals surface area (Å²) in [5.74, 6) is -0.500. The molecule has 0 saturated carbocycles. The summed E-state index contributed by atoms with van der Waals surface area (Å²) < 4.78 is 66.5. The van der Waals surface area contributed by atoms with Crippen molar-refractivity contribution in [1.82, 2.24) is 40.5 Å². The number of nitrogens with one attached hydrogen (secondary N) is 2. The molecule has 8 N–H and O–H groups in total. The fraction of sp³-hybridized carbons (Fsp3) is 0.684. The van der Waals surface area contributed by atoms with E-state index in [1.807, 2.05) is 0 Å². The Morgan fingerprint density at radius 2 is 1.71 bits per heavy atom. The van der Waals surface area contributed by atoms with Crippen LogP contribution in [-0.4, -0.2) is 127 Å². The summed E-state index contributed by atoms with van der Waals surface area (Å²) in [6.45, 7) is -10.0. The number of anilines is 1. The van der Waals surface area contributed by atoms with Crippen LogP contribution in [0.4, 0.5) is 14.6 Å². The predicted molar refractivity (Wildman–Crippen MR) is 152 cm³/mol. The second-order valence-electron chi connectivity index (χ2n) is 10.4. The molecule has 20 nitrogen and oxygen atoms in total. The highest BCUT2D eigenvalue weighted by Gasteiger charge is 2.56. The first-order valence-corrected chi connectivity index (χ1v) is 18.3. The summed E-state index contributed by atoms with van der Waals surface area (Å²) in [4.78, 5) is 47.6. The Kier molecular flexibility index (Phi) is 8.13. The van der Waals surface area contributed by atoms with Crippen LogP contribution in [0.15, 0.2) is 11.3 Å². The van der Waals surface area contributed by atoms with Crippen molar-refractivity contribution >= 4 is 66.3 Å². The van der Waals surface area contributed by atoms with Gasteiger partial charge in [-0.15, -0.1) is 5.10 Å². The zero-order valence-corrected chi connectivity index (χ0v) is 25.8. The molecule has 4 fully saturated rings. The Balaban J connectivity index is 1.16. The molecule has 26 heteroatoms. The van der Waals surface area contributed by atoms with E-state index in [2.05, 4.69) is 35.9 Å². The van der Waals surface area contributed by atoms with Gasteiger partial charge in [-0.05, 0) is 23.6 Å². The van der Waals surface area contributed by atoms with Crippen molar-refractivity contribution in [3.8, 4) is 0 Å². The van der Waals surface area contributed by atoms with Crippen LogP contribution in [0.2, 0.25) is 0 Å². The first-order chi connectivity index (χ1) is 21.3. The third-order valence-electron chi connectivity index (χ3n) is 7.57. The molecule has 7 rings (SSSR count). The minimum atomic E-state index is -4.33. The topological polar surface area (TPSA) is 261 Å². The lowest BCUT2D eigenvalue weighted by atomic mass is 10.1. The molecule has 2 aromatic rings. The quantitative estimate of drug-likeness (QED) is 0.174.